The van der Waals surface area contributed by atoms with Gasteiger partial charge in [-0.2, -0.15) is 0 Å². The van der Waals surface area contributed by atoms with Crippen molar-refractivity contribution < 1.29 is 89.4 Å². The van der Waals surface area contributed by atoms with E-state index in [1.165, 1.54) is 244 Å². The number of hydrogen-bond donors (Lipinski definition) is 12. The van der Waals surface area contributed by atoms with Gasteiger partial charge < -0.3 is 89.9 Å². The van der Waals surface area contributed by atoms with Crippen LogP contribution in [-0.4, -0.2) is 193 Å². The Morgan fingerprint density at radius 2 is 0.600 bits per heavy atom. The molecule has 0 aromatic carbocycles. The van der Waals surface area contributed by atoms with Crippen LogP contribution < -0.4 is 5.32 Å². The van der Waals surface area contributed by atoms with E-state index >= 15 is 0 Å². The highest BCUT2D eigenvalue weighted by Crippen LogP contribution is 2.34. The van der Waals surface area contributed by atoms with Gasteiger partial charge in [-0.25, -0.2) is 0 Å². The summed E-state index contributed by atoms with van der Waals surface area (Å²) in [6.45, 7) is 1.74. The van der Waals surface area contributed by atoms with Gasteiger partial charge >= 0.3 is 0 Å². The van der Waals surface area contributed by atoms with Crippen molar-refractivity contribution in [1.29, 1.82) is 0 Å². The number of carbonyl (C=O) groups excluding carboxylic acids is 1. The van der Waals surface area contributed by atoms with Crippen molar-refractivity contribution in [3.05, 3.63) is 97.2 Å². The van der Waals surface area contributed by atoms with Crippen molar-refractivity contribution in [2.75, 3.05) is 26.4 Å². The zero-order valence-electron chi connectivity index (χ0n) is 72.3. The van der Waals surface area contributed by atoms with Gasteiger partial charge in [0.05, 0.1) is 38.6 Å². The maximum atomic E-state index is 13.6. The maximum Gasteiger partial charge on any atom is 0.220 e. The van der Waals surface area contributed by atoms with Crippen LogP contribution in [-0.2, 0) is 33.2 Å². The first kappa shape index (κ1) is 106. The molecule has 668 valence electrons. The summed E-state index contributed by atoms with van der Waals surface area (Å²) in [6, 6.07) is -0.894. The van der Waals surface area contributed by atoms with Crippen LogP contribution in [0.1, 0.15) is 373 Å². The summed E-state index contributed by atoms with van der Waals surface area (Å²) < 4.78 is 34.6. The summed E-state index contributed by atoms with van der Waals surface area (Å²) in [5.41, 5.74) is 0. The van der Waals surface area contributed by atoms with Crippen molar-refractivity contribution >= 4 is 5.91 Å². The summed E-state index contributed by atoms with van der Waals surface area (Å²) >= 11 is 0. The number of unbranched alkanes of at least 4 members (excludes halogenated alkanes) is 44. The molecule has 19 heteroatoms. The first-order valence-corrected chi connectivity index (χ1v) is 47.0. The van der Waals surface area contributed by atoms with E-state index in [-0.39, 0.29) is 18.9 Å². The quantitative estimate of drug-likeness (QED) is 0.0199. The van der Waals surface area contributed by atoms with Crippen LogP contribution in [0.3, 0.4) is 0 Å². The third kappa shape index (κ3) is 52.6. The molecule has 0 aromatic rings. The van der Waals surface area contributed by atoms with E-state index in [2.05, 4.69) is 116 Å². The Morgan fingerprint density at radius 3 is 0.939 bits per heavy atom. The fourth-order valence-corrected chi connectivity index (χ4v) is 15.5. The number of aliphatic hydroxyl groups is 11. The topological polar surface area (TPSA) is 307 Å². The number of carbonyl (C=O) groups is 1. The second kappa shape index (κ2) is 74.5. The minimum Gasteiger partial charge on any atom is -0.394 e. The molecule has 12 N–H and O–H groups in total. The van der Waals surface area contributed by atoms with E-state index in [1.807, 2.05) is 0 Å². The second-order valence-electron chi connectivity index (χ2n) is 33.1. The monoisotopic (exact) mass is 1630 g/mol. The zero-order chi connectivity index (χ0) is 83.1. The van der Waals surface area contributed by atoms with Crippen LogP contribution in [0, 0.1) is 0 Å². The third-order valence-corrected chi connectivity index (χ3v) is 22.9. The van der Waals surface area contributed by atoms with Crippen molar-refractivity contribution in [2.45, 2.75) is 478 Å². The smallest absolute Gasteiger partial charge is 0.220 e. The van der Waals surface area contributed by atoms with E-state index in [0.717, 1.165) is 96.3 Å². The molecular weight excluding hydrogens is 1460 g/mol. The van der Waals surface area contributed by atoms with E-state index in [0.29, 0.717) is 12.8 Å². The molecule has 115 heavy (non-hydrogen) atoms. The molecule has 17 unspecified atom stereocenters. The molecule has 3 fully saturated rings. The molecule has 0 bridgehead atoms. The van der Waals surface area contributed by atoms with Gasteiger partial charge in [-0.3, -0.25) is 4.79 Å². The molecule has 0 spiro atoms. The van der Waals surface area contributed by atoms with Crippen molar-refractivity contribution in [3.8, 4) is 0 Å². The van der Waals surface area contributed by atoms with Crippen molar-refractivity contribution in [2.24, 2.45) is 0 Å². The molecule has 3 saturated heterocycles. The Bertz CT molecular complexity index is 2450. The lowest BCUT2D eigenvalue weighted by Crippen LogP contribution is -2.66. The average Bonchev–Trinajstić information content (AvgIpc) is 0.778. The maximum absolute atomic E-state index is 13.6. The number of nitrogens with one attached hydrogen (secondary N) is 1. The van der Waals surface area contributed by atoms with Crippen LogP contribution in [0.15, 0.2) is 97.2 Å². The Balaban J connectivity index is 1.30. The lowest BCUT2D eigenvalue weighted by Gasteiger charge is -2.48. The molecule has 0 aliphatic carbocycles. The summed E-state index contributed by atoms with van der Waals surface area (Å²) in [6.07, 6.45) is 76.6. The van der Waals surface area contributed by atoms with Crippen LogP contribution in [0.2, 0.25) is 0 Å². The lowest BCUT2D eigenvalue weighted by atomic mass is 9.96. The number of amides is 1. The van der Waals surface area contributed by atoms with Crippen LogP contribution in [0.4, 0.5) is 0 Å². The van der Waals surface area contributed by atoms with Gasteiger partial charge in [-0.05, 0) is 77.0 Å². The average molecular weight is 1630 g/mol. The van der Waals surface area contributed by atoms with E-state index < -0.39 is 124 Å². The molecule has 0 radical (unpaired) electrons. The number of allylic oxidation sites excluding steroid dienone is 16. The van der Waals surface area contributed by atoms with Gasteiger partial charge in [0.15, 0.2) is 18.9 Å². The summed E-state index contributed by atoms with van der Waals surface area (Å²) in [5.74, 6) is -0.239. The molecule has 0 aromatic heterocycles. The Kier molecular flexibility index (Phi) is 68.6. The zero-order valence-corrected chi connectivity index (χ0v) is 72.3. The normalized spacial score (nSPS) is 25.0. The number of ether oxygens (including phenoxy) is 6. The van der Waals surface area contributed by atoms with E-state index in [1.54, 1.807) is 0 Å². The minimum absolute atomic E-state index is 0.239. The largest absolute Gasteiger partial charge is 0.394 e. The molecule has 19 nitrogen and oxygen atoms in total. The number of hydrogen-bond acceptors (Lipinski definition) is 18. The standard InChI is InChI=1S/C96H171NO18/c1-3-5-7-9-11-13-15-17-19-21-23-25-27-29-31-33-34-35-36-37-38-39-40-41-42-43-44-46-48-50-52-54-56-58-60-62-64-66-68-70-72-74-84(102)97-79(80(101)73-71-69-67-65-63-61-59-57-55-53-51-49-47-45-32-30-28-26-24-22-20-18-16-14-12-10-8-6-4-2)78-110-94-90(108)87(105)92(82(76-99)112-94)115-96-91(109)88(106)93(83(77-100)113-96)114-95-89(107)86(104)85(103)81(75-98)111-95/h5,7,11,13,17,19,23,25,29,31,34-35,37-38,40-41,79-83,85-96,98-101,103-109H,3-4,6,8-10,12,14-16,18,20-22,24,26-28,30,32-33,36,39,42-78H2,1-2H3,(H,97,102)/b7-5-,13-11-,19-17-,25-23-,31-29-,35-34-,38-37-,41-40-. The van der Waals surface area contributed by atoms with E-state index in [4.69, 9.17) is 28.4 Å². The first-order valence-electron chi connectivity index (χ1n) is 47.0. The van der Waals surface area contributed by atoms with Gasteiger partial charge in [0.25, 0.3) is 0 Å². The molecule has 3 heterocycles. The molecule has 17 atom stereocenters. The van der Waals surface area contributed by atoms with Gasteiger partial charge in [0.1, 0.15) is 73.2 Å². The molecular formula is C96H171NO18. The highest BCUT2D eigenvalue weighted by molar-refractivity contribution is 5.76. The fraction of sp³-hybridized carbons (Fsp3) is 0.823. The third-order valence-electron chi connectivity index (χ3n) is 22.9. The first-order chi connectivity index (χ1) is 56.3. The van der Waals surface area contributed by atoms with Crippen LogP contribution >= 0.6 is 0 Å². The highest BCUT2D eigenvalue weighted by Gasteiger charge is 2.54. The number of aliphatic hydroxyl groups excluding tert-OH is 11. The SMILES string of the molecule is CC/C=C\C/C=C\C/C=C\C/C=C\C/C=C\C/C=C\C/C=C\C/C=C\CCCCCCCCCCCCCCCCCCC(=O)NC(COC1OC(CO)C(OC2OC(CO)C(OC3OC(CO)C(O)C(O)C3O)C(O)C2O)C(O)C1O)C(O)CCCCCCCCCCCCCCCCCCCCCCCCCCCCCCC. The number of rotatable bonds is 76. The highest BCUT2D eigenvalue weighted by atomic mass is 16.8. The summed E-state index contributed by atoms with van der Waals surface area (Å²) in [4.78, 5) is 13.6. The van der Waals surface area contributed by atoms with E-state index in [9.17, 15) is 61.0 Å². The predicted octanol–water partition coefficient (Wildman–Crippen LogP) is 18.6. The molecule has 3 aliphatic heterocycles. The molecule has 3 rings (SSSR count). The summed E-state index contributed by atoms with van der Waals surface area (Å²) in [7, 11) is 0. The van der Waals surface area contributed by atoms with Crippen LogP contribution in [0.25, 0.3) is 0 Å². The van der Waals surface area contributed by atoms with Gasteiger partial charge in [-0.1, -0.05) is 387 Å². The lowest BCUT2D eigenvalue weighted by molar-refractivity contribution is -0.379. The molecule has 1 amide bonds. The molecule has 3 aliphatic rings. The predicted molar refractivity (Wildman–Crippen MR) is 466 cm³/mol. The molecule has 0 saturated carbocycles. The fourth-order valence-electron chi connectivity index (χ4n) is 15.5. The second-order valence-corrected chi connectivity index (χ2v) is 33.1. The van der Waals surface area contributed by atoms with Gasteiger partial charge in [-0.15, -0.1) is 0 Å². The summed E-state index contributed by atoms with van der Waals surface area (Å²) in [5, 5.41) is 121. The Labute approximate surface area is 698 Å². The minimum atomic E-state index is -1.98. The van der Waals surface area contributed by atoms with Crippen molar-refractivity contribution in [3.63, 3.8) is 0 Å². The van der Waals surface area contributed by atoms with Gasteiger partial charge in [0, 0.05) is 6.42 Å². The van der Waals surface area contributed by atoms with Crippen LogP contribution in [0.5, 0.6) is 0 Å². The Hall–Kier alpha value is -3.29. The van der Waals surface area contributed by atoms with Gasteiger partial charge in [0.2, 0.25) is 5.91 Å². The van der Waals surface area contributed by atoms with Crippen molar-refractivity contribution in [1.82, 2.24) is 5.32 Å². The Morgan fingerprint density at radius 1 is 0.322 bits per heavy atom.